The lowest BCUT2D eigenvalue weighted by Crippen LogP contribution is -2.55. The predicted octanol–water partition coefficient (Wildman–Crippen LogP) is 1.26. The molecule has 0 bridgehead atoms. The average molecular weight is 325 g/mol. The van der Waals surface area contributed by atoms with E-state index in [4.69, 9.17) is 0 Å². The highest BCUT2D eigenvalue weighted by Crippen LogP contribution is 2.23. The van der Waals surface area contributed by atoms with Crippen LogP contribution in [0.3, 0.4) is 0 Å². The fraction of sp³-hybridized carbons (Fsp3) is 0.533. The van der Waals surface area contributed by atoms with Gasteiger partial charge in [0.05, 0.1) is 11.0 Å². The minimum atomic E-state index is -0.681. The van der Waals surface area contributed by atoms with Gasteiger partial charge in [-0.25, -0.2) is 4.39 Å². The van der Waals surface area contributed by atoms with E-state index >= 15 is 0 Å². The number of hydrogen-bond acceptors (Lipinski definition) is 5. The van der Waals surface area contributed by atoms with E-state index < -0.39 is 28.4 Å². The maximum Gasteiger partial charge on any atom is 0.282 e. The summed E-state index contributed by atoms with van der Waals surface area (Å²) in [5.41, 5.74) is -0.624. The van der Waals surface area contributed by atoms with Gasteiger partial charge in [0.15, 0.2) is 0 Å². The fourth-order valence-electron chi connectivity index (χ4n) is 2.87. The molecule has 126 valence electrons. The highest BCUT2D eigenvalue weighted by Gasteiger charge is 2.32. The molecule has 1 heterocycles. The molecular weight excluding hydrogens is 305 g/mol. The lowest BCUT2D eigenvalue weighted by Gasteiger charge is -2.40. The Morgan fingerprint density at radius 3 is 2.78 bits per heavy atom. The normalized spacial score (nSPS) is 20.3. The van der Waals surface area contributed by atoms with Crippen LogP contribution in [0.5, 0.6) is 0 Å². The van der Waals surface area contributed by atoms with Crippen molar-refractivity contribution in [3.05, 3.63) is 39.7 Å². The number of carbonyl (C=O) groups is 1. The van der Waals surface area contributed by atoms with Crippen LogP contribution in [0.15, 0.2) is 18.2 Å². The highest BCUT2D eigenvalue weighted by molar-refractivity contribution is 5.98. The minimum Gasteiger partial charge on any atom is -0.392 e. The Hall–Kier alpha value is -2.06. The summed E-state index contributed by atoms with van der Waals surface area (Å²) in [4.78, 5) is 26.5. The van der Waals surface area contributed by atoms with Crippen LogP contribution in [0.25, 0.3) is 0 Å². The van der Waals surface area contributed by atoms with Gasteiger partial charge in [0.2, 0.25) is 0 Å². The molecule has 1 aromatic rings. The summed E-state index contributed by atoms with van der Waals surface area (Å²) in [6.07, 6.45) is -0.464. The number of amides is 1. The van der Waals surface area contributed by atoms with Crippen molar-refractivity contribution in [3.63, 3.8) is 0 Å². The van der Waals surface area contributed by atoms with E-state index in [1.165, 1.54) is 4.90 Å². The van der Waals surface area contributed by atoms with E-state index in [2.05, 4.69) is 0 Å². The summed E-state index contributed by atoms with van der Waals surface area (Å²) in [6.45, 7) is 5.52. The third-order valence-electron chi connectivity index (χ3n) is 3.88. The Balaban J connectivity index is 2.18. The van der Waals surface area contributed by atoms with Crippen molar-refractivity contribution in [1.29, 1.82) is 0 Å². The van der Waals surface area contributed by atoms with Crippen molar-refractivity contribution < 1.29 is 19.2 Å². The molecule has 0 aliphatic carbocycles. The van der Waals surface area contributed by atoms with Gasteiger partial charge >= 0.3 is 0 Å². The summed E-state index contributed by atoms with van der Waals surface area (Å²) in [7, 11) is 0. The van der Waals surface area contributed by atoms with Crippen LogP contribution in [-0.2, 0) is 0 Å². The molecule has 1 aliphatic heterocycles. The van der Waals surface area contributed by atoms with E-state index in [0.29, 0.717) is 26.2 Å². The monoisotopic (exact) mass is 325 g/mol. The van der Waals surface area contributed by atoms with Crippen LogP contribution in [0, 0.1) is 15.9 Å². The van der Waals surface area contributed by atoms with E-state index in [1.807, 2.05) is 11.8 Å². The number of nitro groups is 1. The number of aliphatic hydroxyl groups is 1. The highest BCUT2D eigenvalue weighted by atomic mass is 19.1. The maximum atomic E-state index is 13.4. The van der Waals surface area contributed by atoms with Gasteiger partial charge in [0.1, 0.15) is 11.4 Å². The number of benzene rings is 1. The number of piperazine rings is 1. The van der Waals surface area contributed by atoms with Gasteiger partial charge in [0, 0.05) is 38.3 Å². The number of β-amino-alcohol motifs (C(OH)–C–C–N with tert-alkyl or cyclic N) is 1. The first-order valence-electron chi connectivity index (χ1n) is 7.45. The molecule has 1 amide bonds. The average Bonchev–Trinajstić information content (AvgIpc) is 2.45. The van der Waals surface area contributed by atoms with Crippen LogP contribution >= 0.6 is 0 Å². The second-order valence-corrected chi connectivity index (χ2v) is 5.87. The zero-order chi connectivity index (χ0) is 17.1. The topological polar surface area (TPSA) is 86.9 Å². The number of aliphatic hydroxyl groups excluding tert-OH is 1. The molecule has 0 radical (unpaired) electrons. The molecular formula is C15H20FN3O4. The molecule has 8 heteroatoms. The summed E-state index contributed by atoms with van der Waals surface area (Å²) in [5.74, 6) is -1.22. The van der Waals surface area contributed by atoms with Crippen molar-refractivity contribution in [2.24, 2.45) is 0 Å². The molecule has 0 saturated carbocycles. The first kappa shape index (κ1) is 17.3. The number of carbonyl (C=O) groups excluding carboxylic acids is 1. The van der Waals surface area contributed by atoms with Crippen LogP contribution < -0.4 is 0 Å². The molecule has 1 saturated heterocycles. The molecule has 2 rings (SSSR count). The van der Waals surface area contributed by atoms with Crippen LogP contribution in [0.1, 0.15) is 24.2 Å². The molecule has 7 nitrogen and oxygen atoms in total. The van der Waals surface area contributed by atoms with Crippen molar-refractivity contribution >= 4 is 11.6 Å². The largest absolute Gasteiger partial charge is 0.392 e. The van der Waals surface area contributed by atoms with Gasteiger partial charge < -0.3 is 10.0 Å². The molecule has 1 N–H and O–H groups in total. The Kier molecular flexibility index (Phi) is 5.27. The van der Waals surface area contributed by atoms with Gasteiger partial charge in [-0.1, -0.05) is 0 Å². The van der Waals surface area contributed by atoms with Crippen molar-refractivity contribution in [2.45, 2.75) is 26.0 Å². The Morgan fingerprint density at radius 1 is 1.52 bits per heavy atom. The van der Waals surface area contributed by atoms with Gasteiger partial charge in [-0.05, 0) is 26.0 Å². The molecule has 0 unspecified atom stereocenters. The molecule has 2 atom stereocenters. The molecule has 0 spiro atoms. The van der Waals surface area contributed by atoms with E-state index in [9.17, 15) is 24.4 Å². The number of hydrogen-bond donors (Lipinski definition) is 1. The minimum absolute atomic E-state index is 0.183. The number of halogens is 1. The Bertz CT molecular complexity index is 608. The molecule has 23 heavy (non-hydrogen) atoms. The van der Waals surface area contributed by atoms with E-state index in [0.717, 1.165) is 18.2 Å². The third kappa shape index (κ3) is 4.02. The van der Waals surface area contributed by atoms with Crippen LogP contribution in [0.4, 0.5) is 10.1 Å². The predicted molar refractivity (Wildman–Crippen MR) is 81.7 cm³/mol. The number of nitro benzene ring substituents is 1. The van der Waals surface area contributed by atoms with E-state index in [-0.39, 0.29) is 11.6 Å². The fourth-order valence-corrected chi connectivity index (χ4v) is 2.87. The number of rotatable bonds is 4. The number of nitrogens with zero attached hydrogens (tertiary/aromatic N) is 3. The Morgan fingerprint density at radius 2 is 2.22 bits per heavy atom. The summed E-state index contributed by atoms with van der Waals surface area (Å²) >= 11 is 0. The lowest BCUT2D eigenvalue weighted by atomic mass is 10.1. The van der Waals surface area contributed by atoms with Crippen molar-refractivity contribution in [1.82, 2.24) is 9.80 Å². The van der Waals surface area contributed by atoms with Gasteiger partial charge in [-0.3, -0.25) is 19.8 Å². The summed E-state index contributed by atoms with van der Waals surface area (Å²) in [5, 5.41) is 20.5. The molecule has 1 aromatic carbocycles. The Labute approximate surface area is 133 Å². The van der Waals surface area contributed by atoms with Gasteiger partial charge in [-0.15, -0.1) is 0 Å². The lowest BCUT2D eigenvalue weighted by molar-refractivity contribution is -0.385. The van der Waals surface area contributed by atoms with Crippen LogP contribution in [-0.4, -0.2) is 64.1 Å². The molecule has 0 aromatic heterocycles. The van der Waals surface area contributed by atoms with Crippen LogP contribution in [0.2, 0.25) is 0 Å². The smallest absolute Gasteiger partial charge is 0.282 e. The first-order valence-corrected chi connectivity index (χ1v) is 7.45. The second-order valence-electron chi connectivity index (χ2n) is 5.87. The standard InChI is InChI=1S/C15H20FN3O4/c1-10-8-17(9-11(2)20)5-6-18(10)15(21)13-7-12(16)3-4-14(13)19(22)23/h3-4,7,10-11,20H,5-6,8-9H2,1-2H3/t10-,11-/m1/s1. The SMILES string of the molecule is C[C@@H]1CN(C[C@@H](C)O)CCN1C(=O)c1cc(F)ccc1[N+](=O)[O-]. The quantitative estimate of drug-likeness (QED) is 0.665. The zero-order valence-electron chi connectivity index (χ0n) is 13.1. The van der Waals surface area contributed by atoms with Crippen molar-refractivity contribution in [2.75, 3.05) is 26.2 Å². The van der Waals surface area contributed by atoms with Crippen molar-refractivity contribution in [3.8, 4) is 0 Å². The first-order chi connectivity index (χ1) is 10.8. The molecule has 1 aliphatic rings. The van der Waals surface area contributed by atoms with Gasteiger partial charge in [-0.2, -0.15) is 0 Å². The third-order valence-corrected chi connectivity index (χ3v) is 3.88. The van der Waals surface area contributed by atoms with E-state index in [1.54, 1.807) is 6.92 Å². The summed E-state index contributed by atoms with van der Waals surface area (Å²) in [6, 6.07) is 2.71. The second kappa shape index (κ2) is 7.01. The summed E-state index contributed by atoms with van der Waals surface area (Å²) < 4.78 is 13.4. The van der Waals surface area contributed by atoms with Gasteiger partial charge in [0.25, 0.3) is 11.6 Å². The zero-order valence-corrected chi connectivity index (χ0v) is 13.1. The molecule has 1 fully saturated rings. The maximum absolute atomic E-state index is 13.4.